The van der Waals surface area contributed by atoms with Gasteiger partial charge in [-0.05, 0) is 6.92 Å². The third-order valence-corrected chi connectivity index (χ3v) is 3.25. The Labute approximate surface area is 131 Å². The van der Waals surface area contributed by atoms with Crippen molar-refractivity contribution in [1.29, 1.82) is 0 Å². The van der Waals surface area contributed by atoms with Crippen molar-refractivity contribution < 1.29 is 33.2 Å². The first kappa shape index (κ1) is 19.1. The molecule has 1 rings (SSSR count). The zero-order valence-corrected chi connectivity index (χ0v) is 13.5. The summed E-state index contributed by atoms with van der Waals surface area (Å²) >= 11 is 0. The minimum atomic E-state index is -0.398. The molecule has 0 unspecified atom stereocenters. The van der Waals surface area contributed by atoms with E-state index >= 15 is 0 Å². The Bertz CT molecular complexity index is 334. The van der Waals surface area contributed by atoms with Crippen molar-refractivity contribution in [3.05, 3.63) is 12.7 Å². The number of hydrogen-bond acceptors (Lipinski definition) is 7. The molecule has 0 aromatic heterocycles. The van der Waals surface area contributed by atoms with Crippen LogP contribution in [0.5, 0.6) is 0 Å². The molecular weight excluding hydrogens is 292 g/mol. The molecule has 22 heavy (non-hydrogen) atoms. The molecule has 0 saturated carbocycles. The number of hydrogen-bond donors (Lipinski definition) is 0. The van der Waals surface area contributed by atoms with E-state index in [-0.39, 0.29) is 44.3 Å². The number of esters is 1. The van der Waals surface area contributed by atoms with Gasteiger partial charge in [-0.1, -0.05) is 6.08 Å². The van der Waals surface area contributed by atoms with Gasteiger partial charge >= 0.3 is 5.97 Å². The molecule has 1 aliphatic heterocycles. The van der Waals surface area contributed by atoms with Crippen LogP contribution in [0.2, 0.25) is 0 Å². The summed E-state index contributed by atoms with van der Waals surface area (Å²) in [7, 11) is 3.09. The molecule has 0 N–H and O–H groups in total. The molecular formula is C15H26O7. The molecule has 7 nitrogen and oxygen atoms in total. The highest BCUT2D eigenvalue weighted by Crippen LogP contribution is 2.28. The van der Waals surface area contributed by atoms with Crippen molar-refractivity contribution in [2.75, 3.05) is 34.4 Å². The third kappa shape index (κ3) is 6.02. The van der Waals surface area contributed by atoms with E-state index in [9.17, 15) is 4.79 Å². The normalized spacial score (nSPS) is 28.3. The summed E-state index contributed by atoms with van der Waals surface area (Å²) in [6, 6.07) is 0. The Morgan fingerprint density at radius 1 is 1.27 bits per heavy atom. The number of ether oxygens (including phenoxy) is 6. The van der Waals surface area contributed by atoms with Gasteiger partial charge in [-0.2, -0.15) is 0 Å². The molecule has 0 spiro atoms. The number of carbonyl (C=O) groups is 1. The van der Waals surface area contributed by atoms with E-state index in [4.69, 9.17) is 28.4 Å². The average Bonchev–Trinajstić information content (AvgIpc) is 2.51. The molecule has 0 aromatic carbocycles. The van der Waals surface area contributed by atoms with Crippen LogP contribution < -0.4 is 0 Å². The van der Waals surface area contributed by atoms with E-state index in [2.05, 4.69) is 6.58 Å². The standard InChI is InChI=1S/C15H26O7/c1-5-12-15(21-10-18-4)13(20-9-17-3)7-11(22-12)8-14(16)19-6-2/h5,11-13,15H,1,6-10H2,2-4H3/t11-,12+,13+,15+/m0/s1. The monoisotopic (exact) mass is 318 g/mol. The average molecular weight is 318 g/mol. The fourth-order valence-corrected chi connectivity index (χ4v) is 2.35. The molecule has 128 valence electrons. The number of methoxy groups -OCH3 is 2. The van der Waals surface area contributed by atoms with Gasteiger partial charge in [-0.3, -0.25) is 4.79 Å². The quantitative estimate of drug-likeness (QED) is 0.341. The van der Waals surface area contributed by atoms with E-state index in [0.717, 1.165) is 0 Å². The summed E-state index contributed by atoms with van der Waals surface area (Å²) in [5.41, 5.74) is 0. The van der Waals surface area contributed by atoms with Crippen LogP contribution >= 0.6 is 0 Å². The van der Waals surface area contributed by atoms with Crippen molar-refractivity contribution in [2.24, 2.45) is 0 Å². The molecule has 0 radical (unpaired) electrons. The molecule has 4 atom stereocenters. The maximum absolute atomic E-state index is 11.6. The van der Waals surface area contributed by atoms with Crippen LogP contribution in [0.1, 0.15) is 19.8 Å². The van der Waals surface area contributed by atoms with Crippen LogP contribution in [-0.2, 0) is 33.2 Å². The molecule has 0 bridgehead atoms. The Kier molecular flexibility index (Phi) is 9.26. The second-order valence-corrected chi connectivity index (χ2v) is 4.85. The second kappa shape index (κ2) is 10.7. The fourth-order valence-electron chi connectivity index (χ4n) is 2.35. The van der Waals surface area contributed by atoms with Gasteiger partial charge in [-0.15, -0.1) is 6.58 Å². The number of carbonyl (C=O) groups excluding carboxylic acids is 1. The van der Waals surface area contributed by atoms with Gasteiger partial charge in [0, 0.05) is 20.6 Å². The van der Waals surface area contributed by atoms with Crippen LogP contribution in [0, 0.1) is 0 Å². The summed E-state index contributed by atoms with van der Waals surface area (Å²) in [6.07, 6.45) is 0.942. The van der Waals surface area contributed by atoms with Crippen molar-refractivity contribution in [2.45, 2.75) is 44.2 Å². The predicted molar refractivity (Wildman–Crippen MR) is 78.2 cm³/mol. The topological polar surface area (TPSA) is 72.5 Å². The lowest BCUT2D eigenvalue weighted by molar-refractivity contribution is -0.228. The summed E-state index contributed by atoms with van der Waals surface area (Å²) in [5.74, 6) is -0.294. The first-order valence-corrected chi connectivity index (χ1v) is 7.30. The van der Waals surface area contributed by atoms with Gasteiger partial charge in [0.25, 0.3) is 0 Å². The minimum Gasteiger partial charge on any atom is -0.466 e. The van der Waals surface area contributed by atoms with Crippen molar-refractivity contribution in [1.82, 2.24) is 0 Å². The van der Waals surface area contributed by atoms with Gasteiger partial charge in [0.05, 0.1) is 25.2 Å². The molecule has 1 aliphatic rings. The van der Waals surface area contributed by atoms with Gasteiger partial charge in [-0.25, -0.2) is 0 Å². The Morgan fingerprint density at radius 3 is 2.55 bits per heavy atom. The molecule has 7 heteroatoms. The lowest BCUT2D eigenvalue weighted by Gasteiger charge is -2.39. The Hall–Kier alpha value is -0.990. The highest BCUT2D eigenvalue weighted by Gasteiger charge is 2.39. The van der Waals surface area contributed by atoms with Crippen LogP contribution in [0.3, 0.4) is 0 Å². The third-order valence-electron chi connectivity index (χ3n) is 3.25. The second-order valence-electron chi connectivity index (χ2n) is 4.85. The first-order valence-electron chi connectivity index (χ1n) is 7.30. The summed E-state index contributed by atoms with van der Waals surface area (Å²) in [6.45, 7) is 6.13. The minimum absolute atomic E-state index is 0.119. The molecule has 0 aromatic rings. The summed E-state index contributed by atoms with van der Waals surface area (Å²) in [5, 5.41) is 0. The van der Waals surface area contributed by atoms with Gasteiger partial charge in [0.2, 0.25) is 0 Å². The molecule has 0 aliphatic carbocycles. The van der Waals surface area contributed by atoms with E-state index in [1.807, 2.05) is 0 Å². The van der Waals surface area contributed by atoms with Crippen LogP contribution in [0.25, 0.3) is 0 Å². The maximum atomic E-state index is 11.6. The van der Waals surface area contributed by atoms with E-state index in [1.54, 1.807) is 27.2 Å². The molecule has 1 fully saturated rings. The molecule has 1 saturated heterocycles. The summed E-state index contributed by atoms with van der Waals surface area (Å²) < 4.78 is 32.0. The van der Waals surface area contributed by atoms with Crippen LogP contribution in [0.4, 0.5) is 0 Å². The van der Waals surface area contributed by atoms with Gasteiger partial charge in [0.1, 0.15) is 25.8 Å². The largest absolute Gasteiger partial charge is 0.466 e. The number of rotatable bonds is 10. The van der Waals surface area contributed by atoms with Crippen molar-refractivity contribution in [3.8, 4) is 0 Å². The van der Waals surface area contributed by atoms with Crippen molar-refractivity contribution >= 4 is 5.97 Å². The molecule has 1 heterocycles. The SMILES string of the molecule is C=C[C@H]1O[C@H](CC(=O)OCC)C[C@@H](OCOC)[C@@H]1OCOC. The maximum Gasteiger partial charge on any atom is 0.308 e. The van der Waals surface area contributed by atoms with E-state index in [0.29, 0.717) is 13.0 Å². The van der Waals surface area contributed by atoms with Gasteiger partial charge in [0.15, 0.2) is 0 Å². The highest BCUT2D eigenvalue weighted by atomic mass is 16.7. The fraction of sp³-hybridized carbons (Fsp3) is 0.800. The summed E-state index contributed by atoms with van der Waals surface area (Å²) in [4.78, 5) is 11.6. The zero-order valence-electron chi connectivity index (χ0n) is 13.5. The zero-order chi connectivity index (χ0) is 16.4. The van der Waals surface area contributed by atoms with Crippen molar-refractivity contribution in [3.63, 3.8) is 0 Å². The Balaban J connectivity index is 2.70. The highest BCUT2D eigenvalue weighted by molar-refractivity contribution is 5.69. The van der Waals surface area contributed by atoms with Gasteiger partial charge < -0.3 is 28.4 Å². The van der Waals surface area contributed by atoms with Crippen LogP contribution in [-0.4, -0.2) is 64.8 Å². The van der Waals surface area contributed by atoms with E-state index in [1.165, 1.54) is 0 Å². The smallest absolute Gasteiger partial charge is 0.308 e. The van der Waals surface area contributed by atoms with E-state index < -0.39 is 6.10 Å². The lowest BCUT2D eigenvalue weighted by Crippen LogP contribution is -2.50. The predicted octanol–water partition coefficient (Wildman–Crippen LogP) is 1.26. The lowest BCUT2D eigenvalue weighted by atomic mass is 9.96. The van der Waals surface area contributed by atoms with Crippen LogP contribution in [0.15, 0.2) is 12.7 Å². The Morgan fingerprint density at radius 2 is 1.95 bits per heavy atom. The first-order chi connectivity index (χ1) is 10.7. The molecule has 0 amide bonds.